The fraction of sp³-hybridized carbons (Fsp3) is 0.429. The van der Waals surface area contributed by atoms with Gasteiger partial charge in [-0.25, -0.2) is 4.79 Å². The average Bonchev–Trinajstić information content (AvgIpc) is 2.74. The molecule has 0 bridgehead atoms. The van der Waals surface area contributed by atoms with Crippen LogP contribution in [0.1, 0.15) is 42.7 Å². The van der Waals surface area contributed by atoms with E-state index in [1.807, 2.05) is 18.2 Å². The number of aromatic nitrogens is 2. The molecule has 0 radical (unpaired) electrons. The number of benzene rings is 1. The van der Waals surface area contributed by atoms with Crippen molar-refractivity contribution in [3.05, 3.63) is 47.7 Å². The maximum absolute atomic E-state index is 12.7. The fourth-order valence-electron chi connectivity index (χ4n) is 3.23. The second-order valence-electron chi connectivity index (χ2n) is 7.15. The van der Waals surface area contributed by atoms with Gasteiger partial charge in [0, 0.05) is 31.9 Å². The summed E-state index contributed by atoms with van der Waals surface area (Å²) in [6.45, 7) is 8.17. The van der Waals surface area contributed by atoms with Gasteiger partial charge in [0.1, 0.15) is 0 Å². The summed E-state index contributed by atoms with van der Waals surface area (Å²) in [7, 11) is 0. The monoisotopic (exact) mass is 397 g/mol. The maximum atomic E-state index is 12.7. The number of carbonyl (C=O) groups excluding carboxylic acids is 2. The third-order valence-electron chi connectivity index (χ3n) is 4.82. The van der Waals surface area contributed by atoms with Crippen molar-refractivity contribution in [2.75, 3.05) is 38.1 Å². The molecule has 1 aliphatic heterocycles. The summed E-state index contributed by atoms with van der Waals surface area (Å²) in [5.74, 6) is 0.776. The Balaban J connectivity index is 1.61. The SMILES string of the molecule is CCOC(=O)N1CCN(C(=O)c2ccc(Nc3ccccc3C(C)C)nn2)CC1. The van der Waals surface area contributed by atoms with Crippen molar-refractivity contribution < 1.29 is 14.3 Å². The molecule has 2 aromatic rings. The molecule has 1 N–H and O–H groups in total. The quantitative estimate of drug-likeness (QED) is 0.833. The minimum atomic E-state index is -0.337. The number of anilines is 2. The molecule has 1 aromatic heterocycles. The first-order valence-electron chi connectivity index (χ1n) is 9.90. The fourth-order valence-corrected chi connectivity index (χ4v) is 3.23. The molecule has 1 aromatic carbocycles. The summed E-state index contributed by atoms with van der Waals surface area (Å²) in [4.78, 5) is 27.7. The molecule has 2 amide bonds. The van der Waals surface area contributed by atoms with Crippen LogP contribution in [0.2, 0.25) is 0 Å². The molecule has 0 unspecified atom stereocenters. The molecule has 29 heavy (non-hydrogen) atoms. The van der Waals surface area contributed by atoms with Crippen molar-refractivity contribution in [2.45, 2.75) is 26.7 Å². The first-order valence-corrected chi connectivity index (χ1v) is 9.90. The van der Waals surface area contributed by atoms with Crippen LogP contribution in [0.4, 0.5) is 16.3 Å². The van der Waals surface area contributed by atoms with Crippen LogP contribution in [0.25, 0.3) is 0 Å². The summed E-state index contributed by atoms with van der Waals surface area (Å²) in [5, 5.41) is 11.5. The highest BCUT2D eigenvalue weighted by Gasteiger charge is 2.26. The summed E-state index contributed by atoms with van der Waals surface area (Å²) < 4.78 is 5.00. The van der Waals surface area contributed by atoms with Crippen LogP contribution in [0.15, 0.2) is 36.4 Å². The van der Waals surface area contributed by atoms with E-state index in [2.05, 4.69) is 35.4 Å². The molecule has 0 saturated carbocycles. The van der Waals surface area contributed by atoms with E-state index in [1.54, 1.807) is 28.9 Å². The Morgan fingerprint density at radius 3 is 2.34 bits per heavy atom. The van der Waals surface area contributed by atoms with Crippen LogP contribution in [0, 0.1) is 0 Å². The second-order valence-corrected chi connectivity index (χ2v) is 7.15. The van der Waals surface area contributed by atoms with Gasteiger partial charge >= 0.3 is 6.09 Å². The van der Waals surface area contributed by atoms with E-state index in [4.69, 9.17) is 4.74 Å². The lowest BCUT2D eigenvalue weighted by atomic mass is 10.0. The van der Waals surface area contributed by atoms with E-state index < -0.39 is 0 Å². The number of rotatable bonds is 5. The standard InChI is InChI=1S/C21H27N5O3/c1-4-29-21(28)26-13-11-25(12-14-26)20(27)18-9-10-19(24-23-18)22-17-8-6-5-7-16(17)15(2)3/h5-10,15H,4,11-14H2,1-3H3,(H,22,24). The molecule has 8 heteroatoms. The molecule has 3 rings (SSSR count). The van der Waals surface area contributed by atoms with E-state index >= 15 is 0 Å². The summed E-state index contributed by atoms with van der Waals surface area (Å²) in [6.07, 6.45) is -0.337. The van der Waals surface area contributed by atoms with E-state index in [-0.39, 0.29) is 17.7 Å². The van der Waals surface area contributed by atoms with Crippen molar-refractivity contribution in [3.63, 3.8) is 0 Å². The van der Waals surface area contributed by atoms with Crippen LogP contribution in [-0.4, -0.2) is 64.8 Å². The Hall–Kier alpha value is -3.16. The van der Waals surface area contributed by atoms with E-state index in [0.717, 1.165) is 5.69 Å². The number of nitrogens with zero attached hydrogens (tertiary/aromatic N) is 4. The Bertz CT molecular complexity index is 846. The van der Waals surface area contributed by atoms with Gasteiger partial charge < -0.3 is 19.9 Å². The summed E-state index contributed by atoms with van der Waals surface area (Å²) >= 11 is 0. The lowest BCUT2D eigenvalue weighted by molar-refractivity contribution is 0.0565. The second kappa shape index (κ2) is 9.36. The Morgan fingerprint density at radius 2 is 1.72 bits per heavy atom. The van der Waals surface area contributed by atoms with E-state index in [9.17, 15) is 9.59 Å². The van der Waals surface area contributed by atoms with Gasteiger partial charge in [-0.3, -0.25) is 4.79 Å². The zero-order valence-corrected chi connectivity index (χ0v) is 17.1. The Kier molecular flexibility index (Phi) is 6.64. The molecule has 2 heterocycles. The van der Waals surface area contributed by atoms with Gasteiger partial charge in [-0.1, -0.05) is 32.0 Å². The number of nitrogens with one attached hydrogen (secondary N) is 1. The lowest BCUT2D eigenvalue weighted by Gasteiger charge is -2.33. The highest BCUT2D eigenvalue weighted by Crippen LogP contribution is 2.26. The van der Waals surface area contributed by atoms with Gasteiger partial charge in [0.25, 0.3) is 5.91 Å². The molecular formula is C21H27N5O3. The highest BCUT2D eigenvalue weighted by molar-refractivity contribution is 5.92. The molecule has 154 valence electrons. The van der Waals surface area contributed by atoms with Gasteiger partial charge in [0.15, 0.2) is 11.5 Å². The maximum Gasteiger partial charge on any atom is 0.409 e. The van der Waals surface area contributed by atoms with Crippen LogP contribution >= 0.6 is 0 Å². The number of para-hydroxylation sites is 1. The van der Waals surface area contributed by atoms with Crippen LogP contribution in [-0.2, 0) is 4.74 Å². The topological polar surface area (TPSA) is 87.7 Å². The number of ether oxygens (including phenoxy) is 1. The number of piperazine rings is 1. The summed E-state index contributed by atoms with van der Waals surface area (Å²) in [6, 6.07) is 11.5. The van der Waals surface area contributed by atoms with Gasteiger partial charge in [0.05, 0.1) is 6.61 Å². The molecule has 1 aliphatic rings. The van der Waals surface area contributed by atoms with Gasteiger partial charge in [-0.05, 0) is 36.6 Å². The first-order chi connectivity index (χ1) is 14.0. The van der Waals surface area contributed by atoms with E-state index in [0.29, 0.717) is 44.5 Å². The predicted molar refractivity (Wildman–Crippen MR) is 110 cm³/mol. The van der Waals surface area contributed by atoms with Crippen molar-refractivity contribution in [3.8, 4) is 0 Å². The minimum absolute atomic E-state index is 0.185. The van der Waals surface area contributed by atoms with Crippen molar-refractivity contribution in [1.29, 1.82) is 0 Å². The molecular weight excluding hydrogens is 370 g/mol. The zero-order valence-electron chi connectivity index (χ0n) is 17.1. The number of hydrogen-bond acceptors (Lipinski definition) is 6. The Morgan fingerprint density at radius 1 is 1.03 bits per heavy atom. The number of hydrogen-bond donors (Lipinski definition) is 1. The van der Waals surface area contributed by atoms with Gasteiger partial charge in [0.2, 0.25) is 0 Å². The lowest BCUT2D eigenvalue weighted by Crippen LogP contribution is -2.50. The molecule has 0 spiro atoms. The third kappa shape index (κ3) is 5.01. The number of carbonyl (C=O) groups is 2. The van der Waals surface area contributed by atoms with Gasteiger partial charge in [-0.15, -0.1) is 10.2 Å². The average molecular weight is 397 g/mol. The molecule has 1 fully saturated rings. The van der Waals surface area contributed by atoms with Crippen molar-refractivity contribution in [1.82, 2.24) is 20.0 Å². The van der Waals surface area contributed by atoms with Crippen molar-refractivity contribution in [2.24, 2.45) is 0 Å². The van der Waals surface area contributed by atoms with Crippen LogP contribution in [0.5, 0.6) is 0 Å². The van der Waals surface area contributed by atoms with E-state index in [1.165, 1.54) is 5.56 Å². The normalized spacial score (nSPS) is 14.1. The minimum Gasteiger partial charge on any atom is -0.450 e. The summed E-state index contributed by atoms with van der Waals surface area (Å²) in [5.41, 5.74) is 2.46. The largest absolute Gasteiger partial charge is 0.450 e. The third-order valence-corrected chi connectivity index (χ3v) is 4.82. The van der Waals surface area contributed by atoms with Gasteiger partial charge in [-0.2, -0.15) is 0 Å². The Labute approximate surface area is 170 Å². The predicted octanol–water partition coefficient (Wildman–Crippen LogP) is 3.26. The number of amides is 2. The van der Waals surface area contributed by atoms with Crippen molar-refractivity contribution >= 4 is 23.5 Å². The molecule has 8 nitrogen and oxygen atoms in total. The molecule has 0 atom stereocenters. The molecule has 0 aliphatic carbocycles. The van der Waals surface area contributed by atoms with Crippen LogP contribution < -0.4 is 5.32 Å². The highest BCUT2D eigenvalue weighted by atomic mass is 16.6. The smallest absolute Gasteiger partial charge is 0.409 e. The first kappa shape index (κ1) is 20.6. The molecule has 1 saturated heterocycles. The zero-order chi connectivity index (χ0) is 20.8. The van der Waals surface area contributed by atoms with Crippen LogP contribution in [0.3, 0.4) is 0 Å².